The lowest BCUT2D eigenvalue weighted by Crippen LogP contribution is -2.21. The van der Waals surface area contributed by atoms with E-state index in [1.165, 1.54) is 5.69 Å². The van der Waals surface area contributed by atoms with Gasteiger partial charge in [-0.2, -0.15) is 0 Å². The minimum Gasteiger partial charge on any atom is -0.351 e. The normalized spacial score (nSPS) is 18.3. The van der Waals surface area contributed by atoms with E-state index in [2.05, 4.69) is 17.0 Å². The largest absolute Gasteiger partial charge is 0.351 e. The van der Waals surface area contributed by atoms with Gasteiger partial charge in [0.25, 0.3) is 0 Å². The lowest BCUT2D eigenvalue weighted by atomic mass is 10.3. The highest BCUT2D eigenvalue weighted by atomic mass is 35.5. The van der Waals surface area contributed by atoms with E-state index in [4.69, 9.17) is 11.6 Å². The van der Waals surface area contributed by atoms with Crippen LogP contribution in [0.4, 0.5) is 5.69 Å². The first-order valence-corrected chi connectivity index (χ1v) is 11.0. The Kier molecular flexibility index (Phi) is 5.60. The van der Waals surface area contributed by atoms with Crippen molar-refractivity contribution in [1.29, 1.82) is 0 Å². The Morgan fingerprint density at radius 1 is 0.933 bits per heavy atom. The van der Waals surface area contributed by atoms with Gasteiger partial charge in [-0.25, -0.2) is 0 Å². The molecule has 1 heterocycles. The number of hydrogen-bond donors (Lipinski definition) is 0. The molecule has 7 heteroatoms. The number of anilines is 1. The second-order valence-electron chi connectivity index (χ2n) is 2.71. The number of hydrogen-bond acceptors (Lipinski definition) is 6. The second kappa shape index (κ2) is 6.71. The van der Waals surface area contributed by atoms with Crippen LogP contribution in [0.25, 0.3) is 0 Å². The van der Waals surface area contributed by atoms with E-state index in [-0.39, 0.29) is 0 Å². The number of halogens is 1. The maximum absolute atomic E-state index is 5.87. The first-order chi connectivity index (χ1) is 7.36. The molecule has 0 amide bonds. The molecule has 15 heavy (non-hydrogen) atoms. The van der Waals surface area contributed by atoms with Gasteiger partial charge in [-0.1, -0.05) is 33.2 Å². The fraction of sp³-hybridized carbons (Fsp3) is 0.250. The maximum Gasteiger partial charge on any atom is 0.0759 e. The fourth-order valence-corrected chi connectivity index (χ4v) is 9.81. The quantitative estimate of drug-likeness (QED) is 0.634. The predicted octanol–water partition coefficient (Wildman–Crippen LogP) is 5.40. The summed E-state index contributed by atoms with van der Waals surface area (Å²) in [6.07, 6.45) is 0. The van der Waals surface area contributed by atoms with Gasteiger partial charge in [0.15, 0.2) is 0 Å². The van der Waals surface area contributed by atoms with Crippen molar-refractivity contribution in [3.05, 3.63) is 29.3 Å². The Labute approximate surface area is 113 Å². The van der Waals surface area contributed by atoms with Crippen LogP contribution in [0.1, 0.15) is 0 Å². The minimum absolute atomic E-state index is 0.797. The molecule has 1 aromatic rings. The van der Waals surface area contributed by atoms with Gasteiger partial charge in [0.2, 0.25) is 0 Å². The number of rotatable bonds is 1. The van der Waals surface area contributed by atoms with Crippen LogP contribution in [0, 0.1) is 0 Å². The fourth-order valence-electron chi connectivity index (χ4n) is 1.06. The van der Waals surface area contributed by atoms with E-state index in [0.29, 0.717) is 0 Å². The minimum atomic E-state index is 0.797. The zero-order valence-corrected chi connectivity index (χ0v) is 12.4. The van der Waals surface area contributed by atoms with Crippen LogP contribution in [0.2, 0.25) is 5.02 Å². The Morgan fingerprint density at radius 2 is 1.53 bits per heavy atom. The highest BCUT2D eigenvalue weighted by Crippen LogP contribution is 2.51. The molecule has 0 N–H and O–H groups in total. The van der Waals surface area contributed by atoms with E-state index >= 15 is 0 Å². The van der Waals surface area contributed by atoms with Crippen LogP contribution in [0.5, 0.6) is 0 Å². The van der Waals surface area contributed by atoms with Gasteiger partial charge in [0.05, 0.1) is 11.8 Å². The Hall–Kier alpha value is 1.06. The van der Waals surface area contributed by atoms with Crippen LogP contribution in [-0.2, 0) is 0 Å². The van der Waals surface area contributed by atoms with Crippen molar-refractivity contribution < 1.29 is 0 Å². The molecule has 0 atom stereocenters. The van der Waals surface area contributed by atoms with E-state index in [1.807, 2.05) is 63.2 Å². The zero-order valence-electron chi connectivity index (χ0n) is 7.59. The van der Waals surface area contributed by atoms with Gasteiger partial charge in [-0.3, -0.25) is 0 Å². The molecule has 0 unspecified atom stereocenters. The molecule has 1 aromatic carbocycles. The van der Waals surface area contributed by atoms with E-state index in [9.17, 15) is 0 Å². The zero-order chi connectivity index (χ0) is 10.5. The highest BCUT2D eigenvalue weighted by Gasteiger charge is 2.10. The van der Waals surface area contributed by atoms with Gasteiger partial charge in [-0.05, 0) is 53.7 Å². The molecule has 1 aliphatic heterocycles. The number of nitrogens with zero attached hydrogens (tertiary/aromatic N) is 1. The van der Waals surface area contributed by atoms with Crippen LogP contribution < -0.4 is 4.90 Å². The summed E-state index contributed by atoms with van der Waals surface area (Å²) in [6, 6.07) is 8.04. The van der Waals surface area contributed by atoms with Gasteiger partial charge in [-0.15, -0.1) is 0 Å². The second-order valence-corrected chi connectivity index (χ2v) is 10.9. The Morgan fingerprint density at radius 3 is 2.13 bits per heavy atom. The summed E-state index contributed by atoms with van der Waals surface area (Å²) < 4.78 is 0. The molecule has 0 bridgehead atoms. The first kappa shape index (κ1) is 12.5. The van der Waals surface area contributed by atoms with Crippen molar-refractivity contribution in [2.45, 2.75) is 0 Å². The molecule has 0 saturated carbocycles. The van der Waals surface area contributed by atoms with Crippen LogP contribution >= 0.6 is 62.7 Å². The predicted molar refractivity (Wildman–Crippen MR) is 81.6 cm³/mol. The average molecular weight is 314 g/mol. The SMILES string of the molecule is Clc1ccc(N2CSSSSSC2)cc1. The summed E-state index contributed by atoms with van der Waals surface area (Å²) in [5, 5.41) is 0.797. The highest BCUT2D eigenvalue weighted by molar-refractivity contribution is 9.35. The standard InChI is InChI=1S/C8H8ClNS5/c9-7-1-3-8(4-2-7)10-5-11-13-15-14-12-6-10/h1-4H,5-6H2. The van der Waals surface area contributed by atoms with Crippen molar-refractivity contribution in [2.75, 3.05) is 16.7 Å². The van der Waals surface area contributed by atoms with Crippen LogP contribution in [0.3, 0.4) is 0 Å². The molecule has 1 saturated heterocycles. The molecule has 2 rings (SSSR count). The lowest BCUT2D eigenvalue weighted by molar-refractivity contribution is 1.07. The lowest BCUT2D eigenvalue weighted by Gasteiger charge is -2.24. The van der Waals surface area contributed by atoms with Gasteiger partial charge < -0.3 is 4.90 Å². The van der Waals surface area contributed by atoms with E-state index in [1.54, 1.807) is 0 Å². The Balaban J connectivity index is 2.03. The van der Waals surface area contributed by atoms with Gasteiger partial charge in [0, 0.05) is 10.7 Å². The van der Waals surface area contributed by atoms with Crippen LogP contribution in [0.15, 0.2) is 24.3 Å². The third kappa shape index (κ3) is 4.09. The Bertz CT molecular complexity index is 298. The molecule has 82 valence electrons. The van der Waals surface area contributed by atoms with E-state index in [0.717, 1.165) is 16.8 Å². The monoisotopic (exact) mass is 313 g/mol. The third-order valence-corrected chi connectivity index (χ3v) is 10.4. The van der Waals surface area contributed by atoms with E-state index < -0.39 is 0 Å². The maximum atomic E-state index is 5.87. The molecule has 0 aliphatic carbocycles. The van der Waals surface area contributed by atoms with Gasteiger partial charge >= 0.3 is 0 Å². The third-order valence-electron chi connectivity index (χ3n) is 1.76. The summed E-state index contributed by atoms with van der Waals surface area (Å²) in [7, 11) is 9.27. The summed E-state index contributed by atoms with van der Waals surface area (Å²) in [5.74, 6) is 2.04. The molecule has 0 radical (unpaired) electrons. The van der Waals surface area contributed by atoms with Gasteiger partial charge in [0.1, 0.15) is 0 Å². The molecule has 0 aromatic heterocycles. The summed E-state index contributed by atoms with van der Waals surface area (Å²) >= 11 is 5.87. The van der Waals surface area contributed by atoms with Crippen LogP contribution in [-0.4, -0.2) is 11.8 Å². The molecule has 0 spiro atoms. The smallest absolute Gasteiger partial charge is 0.0759 e. The topological polar surface area (TPSA) is 3.24 Å². The summed E-state index contributed by atoms with van der Waals surface area (Å²) in [4.78, 5) is 2.35. The van der Waals surface area contributed by atoms with Crippen molar-refractivity contribution >= 4 is 68.4 Å². The molecule has 1 nitrogen and oxygen atoms in total. The first-order valence-electron chi connectivity index (χ1n) is 4.11. The summed E-state index contributed by atoms with van der Waals surface area (Å²) in [6.45, 7) is 0. The van der Waals surface area contributed by atoms with Crippen molar-refractivity contribution in [3.63, 3.8) is 0 Å². The molecule has 1 aliphatic rings. The number of benzene rings is 1. The van der Waals surface area contributed by atoms with Crippen molar-refractivity contribution in [1.82, 2.24) is 0 Å². The molecular formula is C8H8ClNS5. The molecule has 1 fully saturated rings. The van der Waals surface area contributed by atoms with Crippen molar-refractivity contribution in [3.8, 4) is 0 Å². The molecular weight excluding hydrogens is 306 g/mol. The van der Waals surface area contributed by atoms with Crippen molar-refractivity contribution in [2.24, 2.45) is 0 Å². The summed E-state index contributed by atoms with van der Waals surface area (Å²) in [5.41, 5.74) is 1.24. The average Bonchev–Trinajstić information content (AvgIpc) is 2.19.